The molecule has 0 atom stereocenters. The van der Waals surface area contributed by atoms with Crippen LogP contribution in [0.25, 0.3) is 0 Å². The third kappa shape index (κ3) is 3.62. The maximum atomic E-state index is 4.39. The SMILES string of the molecule is CC(C)(C)c1ccncc1CC(C)(C)C1CCCCC1. The Bertz CT molecular complexity index is 433. The minimum atomic E-state index is 0.209. The van der Waals surface area contributed by atoms with Gasteiger partial charge in [0.2, 0.25) is 0 Å². The summed E-state index contributed by atoms with van der Waals surface area (Å²) in [4.78, 5) is 4.39. The molecule has 1 aromatic heterocycles. The molecule has 112 valence electrons. The van der Waals surface area contributed by atoms with E-state index in [1.165, 1.54) is 43.2 Å². The van der Waals surface area contributed by atoms with Gasteiger partial charge in [-0.25, -0.2) is 0 Å². The standard InChI is InChI=1S/C19H31N/c1-18(2,3)17-11-12-20-14-15(17)13-19(4,5)16-9-7-6-8-10-16/h11-12,14,16H,6-10,13H2,1-5H3. The molecule has 0 N–H and O–H groups in total. The van der Waals surface area contributed by atoms with Crippen LogP contribution >= 0.6 is 0 Å². The van der Waals surface area contributed by atoms with E-state index >= 15 is 0 Å². The summed E-state index contributed by atoms with van der Waals surface area (Å²) in [5.41, 5.74) is 3.52. The molecular formula is C19H31N. The van der Waals surface area contributed by atoms with E-state index in [9.17, 15) is 0 Å². The molecule has 0 spiro atoms. The van der Waals surface area contributed by atoms with E-state index < -0.39 is 0 Å². The summed E-state index contributed by atoms with van der Waals surface area (Å²) in [6.07, 6.45) is 12.3. The fraction of sp³-hybridized carbons (Fsp3) is 0.737. The van der Waals surface area contributed by atoms with E-state index in [1.807, 2.05) is 6.20 Å². The highest BCUT2D eigenvalue weighted by Gasteiger charge is 2.32. The summed E-state index contributed by atoms with van der Waals surface area (Å²) in [5, 5.41) is 0. The molecule has 0 aliphatic heterocycles. The topological polar surface area (TPSA) is 12.9 Å². The van der Waals surface area contributed by atoms with Gasteiger partial charge in [-0.15, -0.1) is 0 Å². The van der Waals surface area contributed by atoms with Crippen LogP contribution in [0.15, 0.2) is 18.5 Å². The number of hydrogen-bond donors (Lipinski definition) is 0. The third-order valence-corrected chi connectivity index (χ3v) is 5.07. The Balaban J connectivity index is 2.20. The summed E-state index contributed by atoms with van der Waals surface area (Å²) in [7, 11) is 0. The minimum absolute atomic E-state index is 0.209. The van der Waals surface area contributed by atoms with Gasteiger partial charge in [0.05, 0.1) is 0 Å². The minimum Gasteiger partial charge on any atom is -0.264 e. The summed E-state index contributed by atoms with van der Waals surface area (Å²) in [6.45, 7) is 11.8. The van der Waals surface area contributed by atoms with E-state index in [4.69, 9.17) is 0 Å². The Labute approximate surface area is 125 Å². The maximum Gasteiger partial charge on any atom is 0.0303 e. The first-order valence-electron chi connectivity index (χ1n) is 8.24. The first-order valence-corrected chi connectivity index (χ1v) is 8.24. The molecule has 1 aromatic rings. The van der Waals surface area contributed by atoms with Gasteiger partial charge in [0.1, 0.15) is 0 Å². The summed E-state index contributed by atoms with van der Waals surface area (Å²) in [5.74, 6) is 0.879. The predicted molar refractivity (Wildman–Crippen MR) is 87.0 cm³/mol. The predicted octanol–water partition coefficient (Wildman–Crippen LogP) is 5.53. The monoisotopic (exact) mass is 273 g/mol. The maximum absolute atomic E-state index is 4.39. The van der Waals surface area contributed by atoms with Crippen LogP contribution in [0.2, 0.25) is 0 Å². The van der Waals surface area contributed by atoms with E-state index in [0.29, 0.717) is 5.41 Å². The van der Waals surface area contributed by atoms with Gasteiger partial charge in [-0.2, -0.15) is 0 Å². The summed E-state index contributed by atoms with van der Waals surface area (Å²) in [6, 6.07) is 2.21. The van der Waals surface area contributed by atoms with Crippen LogP contribution in [0.3, 0.4) is 0 Å². The lowest BCUT2D eigenvalue weighted by Gasteiger charge is -2.38. The van der Waals surface area contributed by atoms with E-state index in [1.54, 1.807) is 0 Å². The molecule has 1 heterocycles. The molecule has 1 fully saturated rings. The van der Waals surface area contributed by atoms with E-state index in [-0.39, 0.29) is 5.41 Å². The third-order valence-electron chi connectivity index (χ3n) is 5.07. The van der Waals surface area contributed by atoms with Crippen LogP contribution in [0.5, 0.6) is 0 Å². The van der Waals surface area contributed by atoms with Crippen LogP contribution in [-0.2, 0) is 11.8 Å². The lowest BCUT2D eigenvalue weighted by atomic mass is 9.67. The molecule has 1 nitrogen and oxygen atoms in total. The number of aromatic nitrogens is 1. The second-order valence-electron chi connectivity index (χ2n) is 8.28. The van der Waals surface area contributed by atoms with Crippen molar-refractivity contribution in [3.8, 4) is 0 Å². The Morgan fingerprint density at radius 2 is 1.70 bits per heavy atom. The fourth-order valence-corrected chi connectivity index (χ4v) is 3.82. The zero-order chi connectivity index (χ0) is 14.8. The van der Waals surface area contributed by atoms with Gasteiger partial charge in [0.15, 0.2) is 0 Å². The van der Waals surface area contributed by atoms with Crippen molar-refractivity contribution >= 4 is 0 Å². The Morgan fingerprint density at radius 3 is 2.30 bits per heavy atom. The van der Waals surface area contributed by atoms with E-state index in [2.05, 4.69) is 51.9 Å². The molecule has 20 heavy (non-hydrogen) atoms. The molecule has 0 unspecified atom stereocenters. The first-order chi connectivity index (χ1) is 9.31. The summed E-state index contributed by atoms with van der Waals surface area (Å²) < 4.78 is 0. The van der Waals surface area contributed by atoms with Crippen molar-refractivity contribution in [3.05, 3.63) is 29.6 Å². The Hall–Kier alpha value is -0.850. The van der Waals surface area contributed by atoms with Crippen molar-refractivity contribution < 1.29 is 0 Å². The van der Waals surface area contributed by atoms with Gasteiger partial charge in [-0.05, 0) is 53.2 Å². The second-order valence-corrected chi connectivity index (χ2v) is 8.28. The fourth-order valence-electron chi connectivity index (χ4n) is 3.82. The molecule has 1 saturated carbocycles. The van der Waals surface area contributed by atoms with Crippen molar-refractivity contribution in [1.82, 2.24) is 4.98 Å². The van der Waals surface area contributed by atoms with Gasteiger partial charge in [-0.1, -0.05) is 53.9 Å². The molecule has 0 aromatic carbocycles. The van der Waals surface area contributed by atoms with Crippen molar-refractivity contribution in [3.63, 3.8) is 0 Å². The molecule has 2 rings (SSSR count). The Morgan fingerprint density at radius 1 is 1.05 bits per heavy atom. The molecule has 0 radical (unpaired) electrons. The van der Waals surface area contributed by atoms with Crippen molar-refractivity contribution in [2.75, 3.05) is 0 Å². The van der Waals surface area contributed by atoms with Gasteiger partial charge in [0.25, 0.3) is 0 Å². The van der Waals surface area contributed by atoms with Crippen LogP contribution in [-0.4, -0.2) is 4.98 Å². The zero-order valence-corrected chi connectivity index (χ0v) is 14.0. The van der Waals surface area contributed by atoms with Crippen molar-refractivity contribution in [2.45, 2.75) is 78.6 Å². The van der Waals surface area contributed by atoms with Crippen molar-refractivity contribution in [2.24, 2.45) is 11.3 Å². The highest BCUT2D eigenvalue weighted by atomic mass is 14.6. The van der Waals surface area contributed by atoms with Crippen LogP contribution < -0.4 is 0 Å². The number of pyridine rings is 1. The van der Waals surface area contributed by atoms with Crippen LogP contribution in [0, 0.1) is 11.3 Å². The smallest absolute Gasteiger partial charge is 0.0303 e. The van der Waals surface area contributed by atoms with E-state index in [0.717, 1.165) is 12.3 Å². The van der Waals surface area contributed by atoms with Crippen LogP contribution in [0.1, 0.15) is 77.8 Å². The zero-order valence-electron chi connectivity index (χ0n) is 14.0. The Kier molecular flexibility index (Phi) is 4.56. The largest absolute Gasteiger partial charge is 0.264 e. The highest BCUT2D eigenvalue weighted by molar-refractivity contribution is 5.30. The second kappa shape index (κ2) is 5.87. The van der Waals surface area contributed by atoms with Gasteiger partial charge in [0, 0.05) is 12.4 Å². The quantitative estimate of drug-likeness (QED) is 0.705. The molecule has 1 heteroatoms. The highest BCUT2D eigenvalue weighted by Crippen LogP contribution is 2.41. The molecule has 1 aliphatic rings. The molecule has 0 saturated heterocycles. The average Bonchev–Trinajstić information content (AvgIpc) is 2.39. The van der Waals surface area contributed by atoms with Gasteiger partial charge in [-0.3, -0.25) is 4.98 Å². The lowest BCUT2D eigenvalue weighted by molar-refractivity contribution is 0.157. The van der Waals surface area contributed by atoms with Crippen LogP contribution in [0.4, 0.5) is 0 Å². The summed E-state index contributed by atoms with van der Waals surface area (Å²) >= 11 is 0. The average molecular weight is 273 g/mol. The van der Waals surface area contributed by atoms with Gasteiger partial charge >= 0.3 is 0 Å². The molecule has 1 aliphatic carbocycles. The number of hydrogen-bond acceptors (Lipinski definition) is 1. The number of nitrogens with zero attached hydrogens (tertiary/aromatic N) is 1. The molecule has 0 amide bonds. The lowest BCUT2D eigenvalue weighted by Crippen LogP contribution is -2.29. The number of rotatable bonds is 3. The van der Waals surface area contributed by atoms with Gasteiger partial charge < -0.3 is 0 Å². The normalized spacial score (nSPS) is 18.2. The van der Waals surface area contributed by atoms with Crippen molar-refractivity contribution in [1.29, 1.82) is 0 Å². The first kappa shape index (κ1) is 15.5. The molecule has 0 bridgehead atoms. The molecular weight excluding hydrogens is 242 g/mol.